The number of rotatable bonds is 9. The number of halogens is 1. The Labute approximate surface area is 212 Å². The number of H-pyrrole nitrogens is 2. The number of nitrogens with one attached hydrogen (secondary N) is 3. The fourth-order valence-electron chi connectivity index (χ4n) is 4.49. The van der Waals surface area contributed by atoms with Gasteiger partial charge in [-0.05, 0) is 68.6 Å². The molecular weight excluding hydrogens is 475 g/mol. The van der Waals surface area contributed by atoms with Gasteiger partial charge in [-0.25, -0.2) is 14.2 Å². The van der Waals surface area contributed by atoms with Crippen LogP contribution in [-0.2, 0) is 17.8 Å². The highest BCUT2D eigenvalue weighted by atomic mass is 19.1. The number of aromatic nitrogens is 4. The molecule has 2 heterocycles. The smallest absolute Gasteiger partial charge is 0.330 e. The molecule has 0 radical (unpaired) electrons. The van der Waals surface area contributed by atoms with Crippen LogP contribution in [0.2, 0.25) is 0 Å². The highest BCUT2D eigenvalue weighted by molar-refractivity contribution is 5.92. The van der Waals surface area contributed by atoms with Gasteiger partial charge in [0.2, 0.25) is 5.91 Å². The second-order valence-electron chi connectivity index (χ2n) is 9.89. The highest BCUT2D eigenvalue weighted by Crippen LogP contribution is 2.32. The molecule has 1 aliphatic carbocycles. The zero-order chi connectivity index (χ0) is 26.1. The van der Waals surface area contributed by atoms with Crippen LogP contribution in [0.3, 0.4) is 0 Å². The molecular formula is C27H29FN6O3. The number of nitrogens with zero attached hydrogens (tertiary/aromatic N) is 3. The molecule has 2 aromatic heterocycles. The normalized spacial score (nSPS) is 14.3. The quantitative estimate of drug-likeness (QED) is 0.324. The van der Waals surface area contributed by atoms with E-state index in [2.05, 4.69) is 15.3 Å². The third-order valence-electron chi connectivity index (χ3n) is 6.56. The molecule has 192 valence electrons. The van der Waals surface area contributed by atoms with Crippen LogP contribution in [0.15, 0.2) is 58.1 Å². The molecule has 5 rings (SSSR count). The van der Waals surface area contributed by atoms with E-state index < -0.39 is 17.2 Å². The zero-order valence-electron chi connectivity index (χ0n) is 20.8. The maximum atomic E-state index is 14.6. The van der Waals surface area contributed by atoms with Crippen molar-refractivity contribution < 1.29 is 9.18 Å². The average molecular weight is 505 g/mol. The van der Waals surface area contributed by atoms with E-state index in [0.717, 1.165) is 18.4 Å². The zero-order valence-corrected chi connectivity index (χ0v) is 20.8. The first-order valence-corrected chi connectivity index (χ1v) is 12.3. The summed E-state index contributed by atoms with van der Waals surface area (Å²) in [4.78, 5) is 49.3. The van der Waals surface area contributed by atoms with E-state index in [-0.39, 0.29) is 30.2 Å². The molecule has 10 heteroatoms. The van der Waals surface area contributed by atoms with Gasteiger partial charge in [-0.15, -0.1) is 0 Å². The number of benzene rings is 2. The summed E-state index contributed by atoms with van der Waals surface area (Å²) in [5, 5.41) is 2.86. The van der Waals surface area contributed by atoms with E-state index in [1.54, 1.807) is 35.2 Å². The lowest BCUT2D eigenvalue weighted by Gasteiger charge is -2.17. The molecule has 0 saturated heterocycles. The van der Waals surface area contributed by atoms with Crippen LogP contribution >= 0.6 is 0 Å². The fourth-order valence-corrected chi connectivity index (χ4v) is 4.49. The summed E-state index contributed by atoms with van der Waals surface area (Å²) < 4.78 is 16.2. The lowest BCUT2D eigenvalue weighted by atomic mass is 9.91. The van der Waals surface area contributed by atoms with Gasteiger partial charge in [0, 0.05) is 18.2 Å². The van der Waals surface area contributed by atoms with E-state index in [1.165, 1.54) is 10.6 Å². The number of likely N-dealkylation sites (N-methyl/N-ethyl adjacent to an activating group) is 1. The van der Waals surface area contributed by atoms with Crippen LogP contribution in [0.5, 0.6) is 0 Å². The van der Waals surface area contributed by atoms with Crippen molar-refractivity contribution in [3.05, 3.63) is 92.1 Å². The summed E-state index contributed by atoms with van der Waals surface area (Å²) in [5.74, 6) is -0.0371. The number of imidazole rings is 1. The van der Waals surface area contributed by atoms with E-state index in [4.69, 9.17) is 4.98 Å². The number of amides is 1. The highest BCUT2D eigenvalue weighted by Gasteiger charge is 2.26. The fraction of sp³-hybridized carbons (Fsp3) is 0.333. The van der Waals surface area contributed by atoms with Crippen molar-refractivity contribution >= 4 is 22.8 Å². The standard InChI is InChI=1S/C27H29FN6O3/c1-33(2)15-22(35)29-19-11-9-17(10-12-19)20(13-18-5-3-4-6-21(18)28)24-30-23-25(31-24)34(14-16-7-8-16)27(37)32-26(23)36/h3-6,9-12,16,20H,7-8,13-15H2,1-2H3,(H,29,35)(H,30,31)(H,32,36,37). The molecule has 1 atom stereocenters. The predicted molar refractivity (Wildman–Crippen MR) is 139 cm³/mol. The summed E-state index contributed by atoms with van der Waals surface area (Å²) >= 11 is 0. The number of carbonyl (C=O) groups excluding carboxylic acids is 1. The summed E-state index contributed by atoms with van der Waals surface area (Å²) in [7, 11) is 3.64. The Hall–Kier alpha value is -4.05. The molecule has 0 bridgehead atoms. The number of anilines is 1. The molecule has 3 N–H and O–H groups in total. The van der Waals surface area contributed by atoms with Crippen molar-refractivity contribution in [2.75, 3.05) is 26.0 Å². The van der Waals surface area contributed by atoms with Gasteiger partial charge in [0.05, 0.1) is 6.54 Å². The molecule has 0 aliphatic heterocycles. The molecule has 1 unspecified atom stereocenters. The van der Waals surface area contributed by atoms with Gasteiger partial charge in [0.25, 0.3) is 5.56 Å². The summed E-state index contributed by atoms with van der Waals surface area (Å²) in [6, 6.07) is 13.8. The third kappa shape index (κ3) is 5.54. The van der Waals surface area contributed by atoms with Gasteiger partial charge in [-0.3, -0.25) is 19.1 Å². The first-order valence-electron chi connectivity index (χ1n) is 12.3. The molecule has 1 fully saturated rings. The first kappa shape index (κ1) is 24.6. The van der Waals surface area contributed by atoms with Crippen molar-refractivity contribution in [1.29, 1.82) is 0 Å². The van der Waals surface area contributed by atoms with Gasteiger partial charge in [-0.2, -0.15) is 0 Å². The van der Waals surface area contributed by atoms with Crippen molar-refractivity contribution in [1.82, 2.24) is 24.4 Å². The Kier molecular flexibility index (Phi) is 6.75. The molecule has 9 nitrogen and oxygen atoms in total. The number of aromatic amines is 2. The molecule has 2 aromatic carbocycles. The average Bonchev–Trinajstić information content (AvgIpc) is 3.56. The lowest BCUT2D eigenvalue weighted by molar-refractivity contribution is -0.116. The number of hydrogen-bond donors (Lipinski definition) is 3. The van der Waals surface area contributed by atoms with Crippen LogP contribution in [0, 0.1) is 11.7 Å². The Morgan fingerprint density at radius 1 is 1.14 bits per heavy atom. The van der Waals surface area contributed by atoms with E-state index in [1.807, 2.05) is 26.2 Å². The topological polar surface area (TPSA) is 116 Å². The van der Waals surface area contributed by atoms with Crippen molar-refractivity contribution in [3.8, 4) is 0 Å². The van der Waals surface area contributed by atoms with Crippen LogP contribution in [-0.4, -0.2) is 51.0 Å². The van der Waals surface area contributed by atoms with Gasteiger partial charge >= 0.3 is 5.69 Å². The SMILES string of the molecule is CN(C)CC(=O)Nc1ccc(C(Cc2ccccc2F)c2nc3c([nH]2)c(=O)[nH]c(=O)n3CC2CC2)cc1. The van der Waals surface area contributed by atoms with Gasteiger partial charge in [-0.1, -0.05) is 30.3 Å². The Morgan fingerprint density at radius 3 is 2.54 bits per heavy atom. The molecule has 0 spiro atoms. The largest absolute Gasteiger partial charge is 0.336 e. The summed E-state index contributed by atoms with van der Waals surface area (Å²) in [6.07, 6.45) is 2.36. The van der Waals surface area contributed by atoms with Crippen LogP contribution in [0.4, 0.5) is 10.1 Å². The molecule has 37 heavy (non-hydrogen) atoms. The van der Waals surface area contributed by atoms with Crippen molar-refractivity contribution in [2.45, 2.75) is 31.7 Å². The minimum atomic E-state index is -0.533. The third-order valence-corrected chi connectivity index (χ3v) is 6.56. The van der Waals surface area contributed by atoms with Crippen molar-refractivity contribution in [2.24, 2.45) is 5.92 Å². The van der Waals surface area contributed by atoms with Crippen LogP contribution < -0.4 is 16.6 Å². The maximum Gasteiger partial charge on any atom is 0.330 e. The first-order chi connectivity index (χ1) is 17.8. The number of fused-ring (bicyclic) bond motifs is 1. The molecule has 1 aliphatic rings. The Morgan fingerprint density at radius 2 is 1.86 bits per heavy atom. The van der Waals surface area contributed by atoms with E-state index in [0.29, 0.717) is 35.2 Å². The van der Waals surface area contributed by atoms with Crippen molar-refractivity contribution in [3.63, 3.8) is 0 Å². The van der Waals surface area contributed by atoms with Gasteiger partial charge < -0.3 is 15.2 Å². The second-order valence-corrected chi connectivity index (χ2v) is 9.89. The Balaban J connectivity index is 1.54. The second kappa shape index (κ2) is 10.1. The molecule has 4 aromatic rings. The van der Waals surface area contributed by atoms with Gasteiger partial charge in [0.15, 0.2) is 5.65 Å². The van der Waals surface area contributed by atoms with E-state index >= 15 is 0 Å². The van der Waals surface area contributed by atoms with Gasteiger partial charge in [0.1, 0.15) is 17.2 Å². The lowest BCUT2D eigenvalue weighted by Crippen LogP contribution is -2.30. The monoisotopic (exact) mass is 504 g/mol. The number of hydrogen-bond acceptors (Lipinski definition) is 5. The minimum absolute atomic E-state index is 0.134. The minimum Gasteiger partial charge on any atom is -0.336 e. The summed E-state index contributed by atoms with van der Waals surface area (Å²) in [6.45, 7) is 0.753. The number of carbonyl (C=O) groups is 1. The molecule has 1 amide bonds. The van der Waals surface area contributed by atoms with E-state index in [9.17, 15) is 18.8 Å². The van der Waals surface area contributed by atoms with Crippen LogP contribution in [0.1, 0.15) is 35.7 Å². The molecule has 1 saturated carbocycles. The van der Waals surface area contributed by atoms with Crippen LogP contribution in [0.25, 0.3) is 11.2 Å². The summed E-state index contributed by atoms with van der Waals surface area (Å²) in [5.41, 5.74) is 1.48. The predicted octanol–water partition coefficient (Wildman–Crippen LogP) is 2.84. The maximum absolute atomic E-state index is 14.6. The Bertz CT molecular complexity index is 1550.